The van der Waals surface area contributed by atoms with Gasteiger partial charge in [0, 0.05) is 30.6 Å². The van der Waals surface area contributed by atoms with Crippen LogP contribution in [0.25, 0.3) is 0 Å². The molecule has 0 aromatic heterocycles. The van der Waals surface area contributed by atoms with Crippen LogP contribution in [0.2, 0.25) is 0 Å². The summed E-state index contributed by atoms with van der Waals surface area (Å²) in [6.07, 6.45) is 11.0. The molecule has 0 amide bonds. The maximum Gasteiger partial charge on any atom is 0.302 e. The third-order valence-electron chi connectivity index (χ3n) is 13.9. The van der Waals surface area contributed by atoms with E-state index >= 15 is 0 Å². The molecule has 5 saturated carbocycles. The maximum absolute atomic E-state index is 13.0. The second-order valence-corrected chi connectivity index (χ2v) is 15.6. The van der Waals surface area contributed by atoms with Crippen molar-refractivity contribution in [3.8, 4) is 0 Å². The number of Topliss-reactive ketones (excluding diaryl/α,β-unsaturated/α-hetero) is 1. The molecule has 0 heterocycles. The van der Waals surface area contributed by atoms with Crippen molar-refractivity contribution in [2.75, 3.05) is 6.61 Å². The van der Waals surface area contributed by atoms with Crippen molar-refractivity contribution in [1.82, 2.24) is 0 Å². The molecule has 214 valence electrons. The zero-order valence-corrected chi connectivity index (χ0v) is 25.3. The number of hydrogen-bond donors (Lipinski definition) is 0. The zero-order chi connectivity index (χ0) is 27.9. The van der Waals surface area contributed by atoms with Crippen LogP contribution in [0.1, 0.15) is 120 Å². The van der Waals surface area contributed by atoms with Gasteiger partial charge in [0.05, 0.1) is 6.61 Å². The molecular formula is C33H52O5. The first-order chi connectivity index (χ1) is 17.6. The highest BCUT2D eigenvalue weighted by Crippen LogP contribution is 2.77. The Balaban J connectivity index is 1.49. The molecule has 0 radical (unpaired) electrons. The van der Waals surface area contributed by atoms with Crippen LogP contribution in [0.5, 0.6) is 0 Å². The van der Waals surface area contributed by atoms with Crippen molar-refractivity contribution in [2.24, 2.45) is 56.7 Å². The molecule has 0 unspecified atom stereocenters. The summed E-state index contributed by atoms with van der Waals surface area (Å²) in [4.78, 5) is 36.8. The van der Waals surface area contributed by atoms with Gasteiger partial charge in [-0.2, -0.15) is 0 Å². The minimum Gasteiger partial charge on any atom is -0.465 e. The molecule has 0 spiro atoms. The molecule has 0 bridgehead atoms. The van der Waals surface area contributed by atoms with Crippen molar-refractivity contribution in [1.29, 1.82) is 0 Å². The summed E-state index contributed by atoms with van der Waals surface area (Å²) < 4.78 is 11.6. The molecule has 5 rings (SSSR count). The van der Waals surface area contributed by atoms with Crippen LogP contribution in [0.15, 0.2) is 0 Å². The van der Waals surface area contributed by atoms with Crippen LogP contribution in [0.3, 0.4) is 0 Å². The number of ether oxygens (including phenoxy) is 2. The van der Waals surface area contributed by atoms with Crippen LogP contribution in [-0.4, -0.2) is 30.4 Å². The Labute approximate surface area is 230 Å². The molecule has 5 heteroatoms. The fourth-order valence-corrected chi connectivity index (χ4v) is 12.1. The lowest BCUT2D eigenvalue weighted by atomic mass is 9.32. The van der Waals surface area contributed by atoms with Gasteiger partial charge < -0.3 is 9.47 Å². The van der Waals surface area contributed by atoms with Gasteiger partial charge in [-0.3, -0.25) is 14.4 Å². The third kappa shape index (κ3) is 3.79. The van der Waals surface area contributed by atoms with Gasteiger partial charge in [-0.15, -0.1) is 0 Å². The smallest absolute Gasteiger partial charge is 0.302 e. The highest BCUT2D eigenvalue weighted by atomic mass is 16.5. The number of rotatable bonds is 4. The fraction of sp³-hybridized carbons (Fsp3) is 0.909. The lowest BCUT2D eigenvalue weighted by molar-refractivity contribution is -0.252. The lowest BCUT2D eigenvalue weighted by Crippen LogP contribution is -2.67. The second kappa shape index (κ2) is 9.06. The number of carbonyl (C=O) groups is 3. The first-order valence-corrected chi connectivity index (χ1v) is 15.4. The van der Waals surface area contributed by atoms with Crippen LogP contribution in [0.4, 0.5) is 0 Å². The molecule has 10 atom stereocenters. The summed E-state index contributed by atoms with van der Waals surface area (Å²) in [6, 6.07) is 0. The monoisotopic (exact) mass is 528 g/mol. The highest BCUT2D eigenvalue weighted by Gasteiger charge is 2.71. The fourth-order valence-electron chi connectivity index (χ4n) is 12.1. The Hall–Kier alpha value is -1.39. The van der Waals surface area contributed by atoms with Crippen LogP contribution in [0, 0.1) is 56.7 Å². The molecule has 5 aliphatic carbocycles. The molecule has 0 saturated heterocycles. The Bertz CT molecular complexity index is 1000. The average molecular weight is 529 g/mol. The van der Waals surface area contributed by atoms with Gasteiger partial charge in [0.25, 0.3) is 0 Å². The SMILES string of the molecule is CC(=O)OC[C@]12CC[C@@H](C(C)=O)[C@@H]1[C@H]1CC[C@@H]3[C@@]4(C)CC[C@H](OC(C)=O)C(C)(C)[C@H]4CC[C@@]3(C)[C@]1(C)CC2. The summed E-state index contributed by atoms with van der Waals surface area (Å²) in [5, 5.41) is 0. The van der Waals surface area contributed by atoms with Gasteiger partial charge in [0.15, 0.2) is 0 Å². The molecule has 5 nitrogen and oxygen atoms in total. The van der Waals surface area contributed by atoms with Gasteiger partial charge in [-0.25, -0.2) is 0 Å². The third-order valence-corrected chi connectivity index (χ3v) is 13.9. The zero-order valence-electron chi connectivity index (χ0n) is 25.3. The van der Waals surface area contributed by atoms with Gasteiger partial charge in [-0.05, 0) is 111 Å². The van der Waals surface area contributed by atoms with Crippen molar-refractivity contribution >= 4 is 17.7 Å². The van der Waals surface area contributed by atoms with Crippen LogP contribution >= 0.6 is 0 Å². The normalized spacial score (nSPS) is 49.1. The molecule has 0 N–H and O–H groups in total. The van der Waals surface area contributed by atoms with E-state index in [-0.39, 0.29) is 51.0 Å². The predicted octanol–water partition coefficient (Wildman–Crippen LogP) is 7.15. The topological polar surface area (TPSA) is 69.7 Å². The number of fused-ring (bicyclic) bond motifs is 7. The molecule has 0 aromatic rings. The van der Waals surface area contributed by atoms with Crippen LogP contribution < -0.4 is 0 Å². The van der Waals surface area contributed by atoms with E-state index in [1.807, 2.05) is 0 Å². The Morgan fingerprint density at radius 3 is 2.05 bits per heavy atom. The minimum absolute atomic E-state index is 0.000688. The van der Waals surface area contributed by atoms with Crippen molar-refractivity contribution in [2.45, 2.75) is 126 Å². The van der Waals surface area contributed by atoms with Crippen molar-refractivity contribution in [3.63, 3.8) is 0 Å². The van der Waals surface area contributed by atoms with Gasteiger partial charge in [-0.1, -0.05) is 34.6 Å². The predicted molar refractivity (Wildman–Crippen MR) is 147 cm³/mol. The standard InChI is InChI=1S/C33H52O5/c1-20(34)23-11-16-33(19-37-21(2)35)18-17-31(7)24(28(23)33)9-10-26-30(6)14-13-27(38-22(3)36)29(4,5)25(30)12-15-32(26,31)8/h23-28H,9-19H2,1-8H3/t23-,24+,25+,26+,27-,28+,30-,31+,32+,33+/m0/s1. The van der Waals surface area contributed by atoms with Gasteiger partial charge in [0.2, 0.25) is 0 Å². The maximum atomic E-state index is 13.0. The summed E-state index contributed by atoms with van der Waals surface area (Å²) in [7, 11) is 0. The number of ketones is 1. The van der Waals surface area contributed by atoms with E-state index in [0.29, 0.717) is 36.1 Å². The van der Waals surface area contributed by atoms with E-state index in [4.69, 9.17) is 9.47 Å². The molecule has 38 heavy (non-hydrogen) atoms. The minimum atomic E-state index is -0.202. The van der Waals surface area contributed by atoms with Crippen molar-refractivity contribution in [3.05, 3.63) is 0 Å². The second-order valence-electron chi connectivity index (χ2n) is 15.6. The number of carbonyl (C=O) groups excluding carboxylic acids is 3. The summed E-state index contributed by atoms with van der Waals surface area (Å²) in [5.41, 5.74) is 0.532. The first-order valence-electron chi connectivity index (χ1n) is 15.4. The molecule has 0 aromatic carbocycles. The van der Waals surface area contributed by atoms with E-state index < -0.39 is 0 Å². The number of esters is 2. The molecule has 5 aliphatic rings. The van der Waals surface area contributed by atoms with Gasteiger partial charge >= 0.3 is 11.9 Å². The summed E-state index contributed by atoms with van der Waals surface area (Å²) in [5.74, 6) is 2.05. The molecular weight excluding hydrogens is 476 g/mol. The molecule has 0 aliphatic heterocycles. The Morgan fingerprint density at radius 2 is 1.42 bits per heavy atom. The van der Waals surface area contributed by atoms with E-state index in [1.165, 1.54) is 32.6 Å². The van der Waals surface area contributed by atoms with Crippen LogP contribution in [-0.2, 0) is 23.9 Å². The van der Waals surface area contributed by atoms with Gasteiger partial charge in [0.1, 0.15) is 11.9 Å². The van der Waals surface area contributed by atoms with E-state index in [0.717, 1.165) is 38.5 Å². The van der Waals surface area contributed by atoms with E-state index in [9.17, 15) is 14.4 Å². The summed E-state index contributed by atoms with van der Waals surface area (Å²) >= 11 is 0. The summed E-state index contributed by atoms with van der Waals surface area (Å²) in [6.45, 7) is 17.8. The Kier molecular flexibility index (Phi) is 6.71. The first kappa shape index (κ1) is 28.1. The average Bonchev–Trinajstić information content (AvgIpc) is 3.20. The van der Waals surface area contributed by atoms with E-state index in [2.05, 4.69) is 34.6 Å². The quantitative estimate of drug-likeness (QED) is 0.362. The Morgan fingerprint density at radius 1 is 0.711 bits per heavy atom. The largest absolute Gasteiger partial charge is 0.465 e. The molecule has 5 fully saturated rings. The number of hydrogen-bond acceptors (Lipinski definition) is 5. The highest BCUT2D eigenvalue weighted by molar-refractivity contribution is 5.79. The van der Waals surface area contributed by atoms with Crippen molar-refractivity contribution < 1.29 is 23.9 Å². The van der Waals surface area contributed by atoms with E-state index in [1.54, 1.807) is 13.8 Å². The lowest BCUT2D eigenvalue weighted by Gasteiger charge is -2.73.